The van der Waals surface area contributed by atoms with Gasteiger partial charge in [0.2, 0.25) is 5.88 Å². The van der Waals surface area contributed by atoms with E-state index >= 15 is 0 Å². The zero-order valence-electron chi connectivity index (χ0n) is 28.5. The van der Waals surface area contributed by atoms with Crippen molar-refractivity contribution >= 4 is 51.9 Å². The van der Waals surface area contributed by atoms with Gasteiger partial charge in [-0.3, -0.25) is 25.0 Å². The van der Waals surface area contributed by atoms with Gasteiger partial charge in [-0.1, -0.05) is 34.8 Å². The van der Waals surface area contributed by atoms with Gasteiger partial charge in [0, 0.05) is 92.0 Å². The Morgan fingerprint density at radius 1 is 0.750 bits per heavy atom. The maximum absolute atomic E-state index is 10.8. The van der Waals surface area contributed by atoms with E-state index in [1.54, 1.807) is 27.4 Å². The summed E-state index contributed by atoms with van der Waals surface area (Å²) in [6, 6.07) is 3.87. The van der Waals surface area contributed by atoms with E-state index in [9.17, 15) is 25.0 Å². The molecule has 0 spiro atoms. The number of aliphatic hydroxyl groups excluding tert-OH is 1. The number of hydrogen-bond donors (Lipinski definition) is 3. The second-order valence-corrected chi connectivity index (χ2v) is 12.5. The van der Waals surface area contributed by atoms with Crippen molar-refractivity contribution in [2.24, 2.45) is 0 Å². The van der Waals surface area contributed by atoms with Gasteiger partial charge in [-0.05, 0) is 18.9 Å². The Bertz CT molecular complexity index is 1640. The van der Waals surface area contributed by atoms with Crippen LogP contribution in [-0.2, 0) is 34.6 Å². The van der Waals surface area contributed by atoms with Crippen LogP contribution in [0.4, 0.5) is 17.1 Å². The SMILES string of the molecule is COC1CC(O)C1.COC1CC(Oc2ncc(Cl)cc2N)C1.COC1CC(Oc2ncc(Cl)cc2[N+](=O)[O-])C1.O=c1[nH]cc(Cl)cc1[N+](=O)[O-].[CH3-].[Pd]. The number of methoxy groups -OCH3 is 3. The second kappa shape index (κ2) is 22.8. The van der Waals surface area contributed by atoms with Crippen molar-refractivity contribution in [1.29, 1.82) is 0 Å². The minimum atomic E-state index is -0.787. The van der Waals surface area contributed by atoms with E-state index in [2.05, 4.69) is 15.0 Å². The van der Waals surface area contributed by atoms with Gasteiger partial charge in [0.1, 0.15) is 12.2 Å². The van der Waals surface area contributed by atoms with Crippen molar-refractivity contribution in [1.82, 2.24) is 15.0 Å². The molecule has 52 heavy (non-hydrogen) atoms. The Balaban J connectivity index is 0.000000356. The Labute approximate surface area is 328 Å². The predicted octanol–water partition coefficient (Wildman–Crippen LogP) is 5.61. The van der Waals surface area contributed by atoms with E-state index < -0.39 is 21.1 Å². The van der Waals surface area contributed by atoms with Gasteiger partial charge in [0.25, 0.3) is 5.88 Å². The first-order valence-corrected chi connectivity index (χ1v) is 16.2. The van der Waals surface area contributed by atoms with E-state index in [0.717, 1.165) is 44.6 Å². The van der Waals surface area contributed by atoms with Gasteiger partial charge in [-0.15, -0.1) is 0 Å². The molecule has 3 saturated carbocycles. The molecule has 0 saturated heterocycles. The molecule has 3 heterocycles. The first-order chi connectivity index (χ1) is 23.7. The summed E-state index contributed by atoms with van der Waals surface area (Å²) in [5.41, 5.74) is 4.68. The van der Waals surface area contributed by atoms with Crippen LogP contribution in [0.2, 0.25) is 15.1 Å². The number of nitrogens with zero attached hydrogens (tertiary/aromatic N) is 4. The number of aliphatic hydroxyl groups is 1. The normalized spacial score (nSPS) is 22.1. The molecule has 3 aromatic rings. The Hall–Kier alpha value is -3.18. The molecular weight excluding hydrogens is 845 g/mol. The molecule has 21 heteroatoms. The van der Waals surface area contributed by atoms with Gasteiger partial charge < -0.3 is 46.9 Å². The number of nitrogens with two attached hydrogens (primary N) is 1. The van der Waals surface area contributed by atoms with E-state index in [-0.39, 0.29) is 73.9 Å². The molecule has 3 aliphatic carbocycles. The average Bonchev–Trinajstić information content (AvgIpc) is 3.02. The molecule has 6 rings (SSSR count). The van der Waals surface area contributed by atoms with Crippen LogP contribution in [0.15, 0.2) is 41.6 Å². The minimum Gasteiger partial charge on any atom is -0.473 e. The number of anilines is 1. The van der Waals surface area contributed by atoms with Crippen LogP contribution in [0.5, 0.6) is 11.8 Å². The standard InChI is InChI=1S/C10H11ClN2O4.C10H13ClN2O2.C5H3ClN2O3.C5H10O2.CH3.Pd/c1-16-7-3-8(4-7)17-10-9(13(14)15)2-6(11)5-12-10;1-14-7-3-8(4-7)15-10-9(12)2-6(11)5-13-10;6-3-1-4(8(10)11)5(9)7-2-3;1-7-5-2-4(6)3-5;;/h2,5,7-8H,3-4H2,1H3;2,5,7-8H,3-4,12H2,1H3;1-2H,(H,7,9);4-6H,2-3H2,1H3;1H3;/q;;;;-1;. The summed E-state index contributed by atoms with van der Waals surface area (Å²) in [6.07, 6.45) is 9.75. The van der Waals surface area contributed by atoms with Crippen LogP contribution in [0, 0.1) is 27.7 Å². The number of nitro groups is 2. The van der Waals surface area contributed by atoms with Crippen molar-refractivity contribution < 1.29 is 59.1 Å². The zero-order valence-corrected chi connectivity index (χ0v) is 32.3. The topological polar surface area (TPSA) is 237 Å². The molecule has 3 aliphatic rings. The fourth-order valence-corrected chi connectivity index (χ4v) is 4.89. The number of hydrogen-bond acceptors (Lipinski definition) is 14. The molecule has 3 aromatic heterocycles. The predicted molar refractivity (Wildman–Crippen MR) is 190 cm³/mol. The number of nitrogen functional groups attached to an aromatic ring is 1. The second-order valence-electron chi connectivity index (χ2n) is 11.2. The molecule has 3 fully saturated rings. The van der Waals surface area contributed by atoms with Crippen molar-refractivity contribution in [2.75, 3.05) is 27.1 Å². The molecule has 0 bridgehead atoms. The van der Waals surface area contributed by atoms with Crippen LogP contribution in [0.1, 0.15) is 38.5 Å². The third kappa shape index (κ3) is 14.7. The van der Waals surface area contributed by atoms with Crippen molar-refractivity contribution in [3.63, 3.8) is 0 Å². The first kappa shape index (κ1) is 46.8. The largest absolute Gasteiger partial charge is 0.473 e. The summed E-state index contributed by atoms with van der Waals surface area (Å²) in [6.45, 7) is 0. The third-order valence-corrected chi connectivity index (χ3v) is 8.25. The molecule has 0 unspecified atom stereocenters. The smallest absolute Gasteiger partial charge is 0.335 e. The van der Waals surface area contributed by atoms with E-state index in [1.807, 2.05) is 0 Å². The van der Waals surface area contributed by atoms with Crippen LogP contribution < -0.4 is 20.8 Å². The molecule has 0 radical (unpaired) electrons. The molecule has 0 aliphatic heterocycles. The van der Waals surface area contributed by atoms with Gasteiger partial charge in [0.15, 0.2) is 0 Å². The van der Waals surface area contributed by atoms with E-state index in [4.69, 9.17) is 69.3 Å². The number of pyridine rings is 3. The van der Waals surface area contributed by atoms with Crippen molar-refractivity contribution in [2.45, 2.75) is 75.1 Å². The molecule has 292 valence electrons. The fraction of sp³-hybridized carbons (Fsp3) is 0.484. The minimum absolute atomic E-state index is 0. The number of H-pyrrole nitrogens is 1. The van der Waals surface area contributed by atoms with Gasteiger partial charge >= 0.3 is 16.9 Å². The third-order valence-electron chi connectivity index (χ3n) is 7.62. The first-order valence-electron chi connectivity index (χ1n) is 15.1. The maximum Gasteiger partial charge on any atom is 0.335 e. The number of ether oxygens (including phenoxy) is 5. The summed E-state index contributed by atoms with van der Waals surface area (Å²) in [4.78, 5) is 40.2. The number of aromatic nitrogens is 3. The molecule has 0 atom stereocenters. The fourth-order valence-electron chi connectivity index (χ4n) is 4.42. The Morgan fingerprint density at radius 2 is 1.17 bits per heavy atom. The van der Waals surface area contributed by atoms with Gasteiger partial charge in [-0.2, -0.15) is 0 Å². The van der Waals surface area contributed by atoms with E-state index in [1.165, 1.54) is 24.7 Å². The molecular formula is C31H40Cl3N6O11Pd-. The van der Waals surface area contributed by atoms with Crippen LogP contribution in [0.3, 0.4) is 0 Å². The monoisotopic (exact) mass is 883 g/mol. The zero-order chi connectivity index (χ0) is 37.0. The molecule has 4 N–H and O–H groups in total. The Morgan fingerprint density at radius 3 is 1.58 bits per heavy atom. The van der Waals surface area contributed by atoms with Gasteiger partial charge in [0.05, 0.1) is 61.2 Å². The molecule has 0 amide bonds. The molecule has 0 aromatic carbocycles. The summed E-state index contributed by atoms with van der Waals surface area (Å²) in [5, 5.41) is 30.4. The summed E-state index contributed by atoms with van der Waals surface area (Å²) in [7, 11) is 5.01. The quantitative estimate of drug-likeness (QED) is 0.103. The Kier molecular flexibility index (Phi) is 20.5. The number of rotatable bonds is 9. The van der Waals surface area contributed by atoms with E-state index in [0.29, 0.717) is 28.8 Å². The summed E-state index contributed by atoms with van der Waals surface area (Å²) in [5.74, 6) is 0.470. The maximum atomic E-state index is 10.8. The number of nitrogens with one attached hydrogen (secondary N) is 1. The van der Waals surface area contributed by atoms with Crippen LogP contribution in [0.25, 0.3) is 0 Å². The van der Waals surface area contributed by atoms with Gasteiger partial charge in [-0.25, -0.2) is 9.97 Å². The summed E-state index contributed by atoms with van der Waals surface area (Å²) >= 11 is 16.8. The molecule has 17 nitrogen and oxygen atoms in total. The van der Waals surface area contributed by atoms with Crippen molar-refractivity contribution in [3.8, 4) is 11.8 Å². The van der Waals surface area contributed by atoms with Crippen LogP contribution >= 0.6 is 34.8 Å². The van der Waals surface area contributed by atoms with Crippen LogP contribution in [-0.4, -0.2) is 87.9 Å². The average molecular weight is 885 g/mol. The number of aromatic amines is 1. The number of halogens is 3. The van der Waals surface area contributed by atoms with Crippen molar-refractivity contribution in [3.05, 3.63) is 89.9 Å². The summed E-state index contributed by atoms with van der Waals surface area (Å²) < 4.78 is 26.2.